The van der Waals surface area contributed by atoms with E-state index in [2.05, 4.69) is 27.8 Å². The smallest absolute Gasteiger partial charge is 0.308 e. The van der Waals surface area contributed by atoms with Gasteiger partial charge in [-0.3, -0.25) is 4.79 Å². The Morgan fingerprint density at radius 1 is 1.33 bits per heavy atom. The van der Waals surface area contributed by atoms with Gasteiger partial charge >= 0.3 is 5.97 Å². The third-order valence-electron chi connectivity index (χ3n) is 3.87. The van der Waals surface area contributed by atoms with E-state index in [1.807, 2.05) is 18.2 Å². The monoisotopic (exact) mass is 302 g/mol. The first-order valence-electron chi connectivity index (χ1n) is 7.11. The van der Waals surface area contributed by atoms with Crippen LogP contribution in [0.15, 0.2) is 35.7 Å². The summed E-state index contributed by atoms with van der Waals surface area (Å²) in [5.41, 5.74) is 2.12. The largest absolute Gasteiger partial charge is 0.469 e. The van der Waals surface area contributed by atoms with Crippen molar-refractivity contribution in [3.63, 3.8) is 0 Å². The van der Waals surface area contributed by atoms with Crippen molar-refractivity contribution >= 4 is 22.4 Å². The molecule has 4 nitrogen and oxygen atoms in total. The van der Waals surface area contributed by atoms with Crippen LogP contribution in [-0.2, 0) is 9.53 Å². The Kier molecular flexibility index (Phi) is 4.20. The number of hydrogen-bond donors (Lipinski definition) is 1. The lowest BCUT2D eigenvalue weighted by atomic mass is 10.1. The molecule has 110 valence electrons. The van der Waals surface area contributed by atoms with Crippen LogP contribution in [-0.4, -0.2) is 24.1 Å². The van der Waals surface area contributed by atoms with Crippen molar-refractivity contribution in [1.82, 2.24) is 4.98 Å². The zero-order valence-electron chi connectivity index (χ0n) is 11.9. The maximum Gasteiger partial charge on any atom is 0.308 e. The second-order valence-electron chi connectivity index (χ2n) is 5.28. The molecule has 1 aromatic carbocycles. The van der Waals surface area contributed by atoms with Crippen LogP contribution in [0.4, 0.5) is 5.13 Å². The van der Waals surface area contributed by atoms with E-state index in [0.717, 1.165) is 35.7 Å². The Labute approximate surface area is 128 Å². The fraction of sp³-hybridized carbons (Fsp3) is 0.375. The number of anilines is 1. The Bertz CT molecular complexity index is 612. The molecule has 1 saturated carbocycles. The van der Waals surface area contributed by atoms with Crippen LogP contribution >= 0.6 is 11.3 Å². The molecule has 1 aliphatic carbocycles. The van der Waals surface area contributed by atoms with Gasteiger partial charge < -0.3 is 10.1 Å². The first-order valence-corrected chi connectivity index (χ1v) is 7.99. The highest BCUT2D eigenvalue weighted by Gasteiger charge is 2.30. The van der Waals surface area contributed by atoms with Gasteiger partial charge in [-0.2, -0.15) is 0 Å². The SMILES string of the molecule is COC(=O)[C@H]1CC[C@@H](Nc2nc(-c3ccccc3)cs2)C1. The minimum absolute atomic E-state index is 0.0288. The average Bonchev–Trinajstić information content (AvgIpc) is 3.17. The summed E-state index contributed by atoms with van der Waals surface area (Å²) in [6.07, 6.45) is 2.70. The fourth-order valence-electron chi connectivity index (χ4n) is 2.75. The van der Waals surface area contributed by atoms with Crippen LogP contribution < -0.4 is 5.32 Å². The lowest BCUT2D eigenvalue weighted by molar-refractivity contribution is -0.145. The van der Waals surface area contributed by atoms with Gasteiger partial charge in [-0.05, 0) is 19.3 Å². The zero-order chi connectivity index (χ0) is 14.7. The molecular formula is C16H18N2O2S. The predicted molar refractivity (Wildman–Crippen MR) is 84.3 cm³/mol. The minimum Gasteiger partial charge on any atom is -0.469 e. The molecule has 0 saturated heterocycles. The highest BCUT2D eigenvalue weighted by Crippen LogP contribution is 2.31. The Hall–Kier alpha value is -1.88. The van der Waals surface area contributed by atoms with E-state index in [1.54, 1.807) is 11.3 Å². The van der Waals surface area contributed by atoms with E-state index in [-0.39, 0.29) is 11.9 Å². The van der Waals surface area contributed by atoms with Crippen molar-refractivity contribution in [1.29, 1.82) is 0 Å². The molecule has 1 fully saturated rings. The summed E-state index contributed by atoms with van der Waals surface area (Å²) in [4.78, 5) is 16.2. The van der Waals surface area contributed by atoms with Gasteiger partial charge in [-0.15, -0.1) is 11.3 Å². The zero-order valence-corrected chi connectivity index (χ0v) is 12.7. The molecule has 1 aliphatic rings. The van der Waals surface area contributed by atoms with Gasteiger partial charge in [0.1, 0.15) is 0 Å². The van der Waals surface area contributed by atoms with Crippen molar-refractivity contribution in [2.45, 2.75) is 25.3 Å². The molecule has 0 amide bonds. The van der Waals surface area contributed by atoms with Gasteiger partial charge in [0, 0.05) is 17.0 Å². The highest BCUT2D eigenvalue weighted by atomic mass is 32.1. The second kappa shape index (κ2) is 6.26. The average molecular weight is 302 g/mol. The molecule has 2 aromatic rings. The Balaban J connectivity index is 1.62. The standard InChI is InChI=1S/C16H18N2O2S/c1-20-15(19)12-7-8-13(9-12)17-16-18-14(10-21-16)11-5-3-2-4-6-11/h2-6,10,12-13H,7-9H2,1H3,(H,17,18)/t12-,13+/m0/s1. The molecule has 0 unspecified atom stereocenters. The number of rotatable bonds is 4. The van der Waals surface area contributed by atoms with E-state index in [0.29, 0.717) is 6.04 Å². The molecule has 2 atom stereocenters. The number of hydrogen-bond acceptors (Lipinski definition) is 5. The summed E-state index contributed by atoms with van der Waals surface area (Å²) in [6, 6.07) is 10.5. The molecule has 1 N–H and O–H groups in total. The number of nitrogens with one attached hydrogen (secondary N) is 1. The maximum atomic E-state index is 11.5. The Morgan fingerprint density at radius 2 is 2.14 bits per heavy atom. The maximum absolute atomic E-state index is 11.5. The second-order valence-corrected chi connectivity index (χ2v) is 6.14. The summed E-state index contributed by atoms with van der Waals surface area (Å²) in [7, 11) is 1.45. The van der Waals surface area contributed by atoms with Crippen molar-refractivity contribution in [3.05, 3.63) is 35.7 Å². The van der Waals surface area contributed by atoms with Gasteiger partial charge in [0.2, 0.25) is 0 Å². The van der Waals surface area contributed by atoms with Crippen LogP contribution in [0.5, 0.6) is 0 Å². The van der Waals surface area contributed by atoms with Crippen LogP contribution in [0, 0.1) is 5.92 Å². The highest BCUT2D eigenvalue weighted by molar-refractivity contribution is 7.14. The minimum atomic E-state index is -0.0941. The number of methoxy groups -OCH3 is 1. The molecule has 0 spiro atoms. The molecule has 5 heteroatoms. The predicted octanol–water partition coefficient (Wildman–Crippen LogP) is 3.56. The van der Waals surface area contributed by atoms with Crippen LogP contribution in [0.3, 0.4) is 0 Å². The van der Waals surface area contributed by atoms with E-state index in [9.17, 15) is 4.79 Å². The molecule has 1 aromatic heterocycles. The number of aromatic nitrogens is 1. The molecule has 0 aliphatic heterocycles. The van der Waals surface area contributed by atoms with E-state index >= 15 is 0 Å². The van der Waals surface area contributed by atoms with Crippen molar-refractivity contribution in [2.24, 2.45) is 5.92 Å². The van der Waals surface area contributed by atoms with Gasteiger partial charge in [-0.1, -0.05) is 30.3 Å². The molecule has 1 heterocycles. The fourth-order valence-corrected chi connectivity index (χ4v) is 3.55. The van der Waals surface area contributed by atoms with Crippen molar-refractivity contribution < 1.29 is 9.53 Å². The number of thiazole rings is 1. The van der Waals surface area contributed by atoms with Crippen LogP contribution in [0.2, 0.25) is 0 Å². The Morgan fingerprint density at radius 3 is 2.90 bits per heavy atom. The summed E-state index contributed by atoms with van der Waals surface area (Å²) in [5, 5.41) is 6.42. The molecule has 21 heavy (non-hydrogen) atoms. The van der Waals surface area contributed by atoms with Gasteiger partial charge in [0.25, 0.3) is 0 Å². The number of esters is 1. The molecular weight excluding hydrogens is 284 g/mol. The van der Waals surface area contributed by atoms with Crippen LogP contribution in [0.25, 0.3) is 11.3 Å². The number of ether oxygens (including phenoxy) is 1. The number of carbonyl (C=O) groups excluding carboxylic acids is 1. The third kappa shape index (κ3) is 3.24. The number of nitrogens with zero attached hydrogens (tertiary/aromatic N) is 1. The summed E-state index contributed by atoms with van der Waals surface area (Å²) in [6.45, 7) is 0. The lowest BCUT2D eigenvalue weighted by Crippen LogP contribution is -2.18. The lowest BCUT2D eigenvalue weighted by Gasteiger charge is -2.11. The quantitative estimate of drug-likeness (QED) is 0.877. The third-order valence-corrected chi connectivity index (χ3v) is 4.64. The summed E-state index contributed by atoms with van der Waals surface area (Å²) < 4.78 is 4.81. The molecule has 3 rings (SSSR count). The molecule has 0 bridgehead atoms. The van der Waals surface area contributed by atoms with Crippen molar-refractivity contribution in [2.75, 3.05) is 12.4 Å². The van der Waals surface area contributed by atoms with E-state index in [1.165, 1.54) is 7.11 Å². The van der Waals surface area contributed by atoms with E-state index < -0.39 is 0 Å². The van der Waals surface area contributed by atoms with Gasteiger partial charge in [0.05, 0.1) is 18.7 Å². The summed E-state index contributed by atoms with van der Waals surface area (Å²) in [5.74, 6) is -0.0653. The normalized spacial score (nSPS) is 21.2. The van der Waals surface area contributed by atoms with Crippen LogP contribution in [0.1, 0.15) is 19.3 Å². The van der Waals surface area contributed by atoms with E-state index in [4.69, 9.17) is 4.74 Å². The first-order chi connectivity index (χ1) is 10.3. The first kappa shape index (κ1) is 14.1. The summed E-state index contributed by atoms with van der Waals surface area (Å²) >= 11 is 1.61. The van der Waals surface area contributed by atoms with Gasteiger partial charge in [-0.25, -0.2) is 4.98 Å². The number of benzene rings is 1. The van der Waals surface area contributed by atoms with Crippen molar-refractivity contribution in [3.8, 4) is 11.3 Å². The molecule has 0 radical (unpaired) electrons. The van der Waals surface area contributed by atoms with Gasteiger partial charge in [0.15, 0.2) is 5.13 Å². The number of carbonyl (C=O) groups is 1. The topological polar surface area (TPSA) is 51.2 Å².